The summed E-state index contributed by atoms with van der Waals surface area (Å²) in [5.41, 5.74) is 3.36. The number of hydrogen-bond donors (Lipinski definition) is 2. The van der Waals surface area contributed by atoms with Crippen molar-refractivity contribution in [2.24, 2.45) is 11.8 Å². The highest BCUT2D eigenvalue weighted by atomic mass is 16.2. The molecule has 1 aliphatic heterocycles. The normalized spacial score (nSPS) is 20.4. The average Bonchev–Trinajstić information content (AvgIpc) is 3.57. The first-order valence-electron chi connectivity index (χ1n) is 14.1. The Morgan fingerprint density at radius 2 is 1.77 bits per heavy atom. The van der Waals surface area contributed by atoms with E-state index in [2.05, 4.69) is 27.8 Å². The monoisotopic (exact) mass is 541 g/mol. The first-order valence-corrected chi connectivity index (χ1v) is 14.1. The van der Waals surface area contributed by atoms with Crippen molar-refractivity contribution in [1.29, 1.82) is 0 Å². The van der Waals surface area contributed by atoms with E-state index in [1.807, 2.05) is 81.8 Å². The lowest BCUT2D eigenvalue weighted by Crippen LogP contribution is -2.67. The maximum absolute atomic E-state index is 14.5. The molecule has 2 heterocycles. The fraction of sp³-hybridized carbons (Fsp3) is 0.438. The minimum absolute atomic E-state index is 0.0695. The van der Waals surface area contributed by atoms with Crippen LogP contribution in [-0.4, -0.2) is 49.8 Å². The Kier molecular flexibility index (Phi) is 7.53. The number of benzene rings is 2. The van der Waals surface area contributed by atoms with Crippen LogP contribution in [0.2, 0.25) is 0 Å². The lowest BCUT2D eigenvalue weighted by Gasteiger charge is -2.45. The first kappa shape index (κ1) is 27.6. The summed E-state index contributed by atoms with van der Waals surface area (Å²) >= 11 is 0. The van der Waals surface area contributed by atoms with E-state index in [4.69, 9.17) is 0 Å². The van der Waals surface area contributed by atoms with Crippen LogP contribution < -0.4 is 10.6 Å². The zero-order chi connectivity index (χ0) is 28.6. The number of amides is 3. The minimum atomic E-state index is -0.976. The summed E-state index contributed by atoms with van der Waals surface area (Å²) in [5.74, 6) is -0.638. The van der Waals surface area contributed by atoms with Crippen molar-refractivity contribution in [3.8, 4) is 5.69 Å². The average molecular weight is 542 g/mol. The van der Waals surface area contributed by atoms with Crippen LogP contribution in [-0.2, 0) is 27.2 Å². The van der Waals surface area contributed by atoms with Gasteiger partial charge < -0.3 is 20.1 Å². The van der Waals surface area contributed by atoms with Crippen LogP contribution in [0, 0.1) is 11.8 Å². The number of nitrogens with zero attached hydrogens (tertiary/aromatic N) is 3. The molecule has 5 rings (SSSR count). The van der Waals surface area contributed by atoms with Crippen molar-refractivity contribution < 1.29 is 14.4 Å². The lowest BCUT2D eigenvalue weighted by molar-refractivity contribution is -0.158. The summed E-state index contributed by atoms with van der Waals surface area (Å²) in [6, 6.07) is 13.3. The third-order valence-electron chi connectivity index (χ3n) is 7.72. The molecular formula is C32H39N5O3. The van der Waals surface area contributed by atoms with Crippen molar-refractivity contribution in [2.75, 3.05) is 0 Å². The molecule has 40 heavy (non-hydrogen) atoms. The molecule has 1 saturated heterocycles. The number of fused-ring (bicyclic) bond motifs is 1. The van der Waals surface area contributed by atoms with E-state index >= 15 is 0 Å². The molecule has 1 aromatic heterocycles. The van der Waals surface area contributed by atoms with Gasteiger partial charge in [0.1, 0.15) is 18.1 Å². The smallest absolute Gasteiger partial charge is 0.247 e. The summed E-state index contributed by atoms with van der Waals surface area (Å²) in [6.07, 6.45) is 7.10. The molecule has 1 fully saturated rings. The van der Waals surface area contributed by atoms with E-state index in [-0.39, 0.29) is 29.6 Å². The number of carbonyl (C=O) groups excluding carboxylic acids is 3. The van der Waals surface area contributed by atoms with E-state index in [9.17, 15) is 14.4 Å². The van der Waals surface area contributed by atoms with Crippen LogP contribution in [0.4, 0.5) is 0 Å². The molecule has 3 aromatic rings. The zero-order valence-electron chi connectivity index (χ0n) is 23.9. The number of hydrogen-bond acceptors (Lipinski definition) is 4. The van der Waals surface area contributed by atoms with Crippen LogP contribution in [0.1, 0.15) is 63.8 Å². The number of rotatable bonds is 7. The van der Waals surface area contributed by atoms with E-state index in [0.717, 1.165) is 5.69 Å². The number of piperazine rings is 1. The number of carbonyl (C=O) groups is 3. The van der Waals surface area contributed by atoms with Gasteiger partial charge in [-0.15, -0.1) is 0 Å². The Morgan fingerprint density at radius 3 is 2.38 bits per heavy atom. The van der Waals surface area contributed by atoms with Crippen molar-refractivity contribution in [3.05, 3.63) is 83.9 Å². The van der Waals surface area contributed by atoms with Gasteiger partial charge in [0.2, 0.25) is 17.7 Å². The van der Waals surface area contributed by atoms with Crippen LogP contribution >= 0.6 is 0 Å². The molecule has 8 nitrogen and oxygen atoms in total. The van der Waals surface area contributed by atoms with Crippen LogP contribution in [0.25, 0.3) is 5.69 Å². The van der Waals surface area contributed by atoms with Gasteiger partial charge in [-0.3, -0.25) is 14.4 Å². The second kappa shape index (κ2) is 10.9. The third-order valence-corrected chi connectivity index (χ3v) is 7.72. The highest BCUT2D eigenvalue weighted by Crippen LogP contribution is 2.36. The SMILES string of the molecule is CC(C)C[C@@H]1C(=O)N[C@H](C2Cc3ccccc3C2)C(=O)N1[C@@H](C(=O)NC(C)(C)C)c1cccc(-n2ccnc2)c1. The molecule has 0 spiro atoms. The largest absolute Gasteiger partial charge is 0.349 e. The van der Waals surface area contributed by atoms with Crippen molar-refractivity contribution >= 4 is 17.7 Å². The fourth-order valence-electron chi connectivity index (χ4n) is 6.02. The Hall–Kier alpha value is -3.94. The molecule has 210 valence electrons. The highest BCUT2D eigenvalue weighted by Gasteiger charge is 2.49. The zero-order valence-corrected chi connectivity index (χ0v) is 23.9. The maximum atomic E-state index is 14.5. The number of imidazole rings is 1. The third kappa shape index (κ3) is 5.67. The van der Waals surface area contributed by atoms with E-state index in [1.54, 1.807) is 17.4 Å². The van der Waals surface area contributed by atoms with Gasteiger partial charge in [0, 0.05) is 23.6 Å². The second-order valence-corrected chi connectivity index (χ2v) is 12.5. The van der Waals surface area contributed by atoms with E-state index < -0.39 is 23.7 Å². The van der Waals surface area contributed by atoms with Crippen LogP contribution in [0.5, 0.6) is 0 Å². The van der Waals surface area contributed by atoms with Gasteiger partial charge in [-0.05, 0) is 80.7 Å². The van der Waals surface area contributed by atoms with Gasteiger partial charge in [0.15, 0.2) is 0 Å². The van der Waals surface area contributed by atoms with Gasteiger partial charge in [0.05, 0.1) is 6.33 Å². The first-order chi connectivity index (χ1) is 19.0. The Morgan fingerprint density at radius 1 is 1.07 bits per heavy atom. The van der Waals surface area contributed by atoms with Crippen LogP contribution in [0.15, 0.2) is 67.3 Å². The van der Waals surface area contributed by atoms with Crippen molar-refractivity contribution in [2.45, 2.75) is 77.5 Å². The molecule has 0 radical (unpaired) electrons. The lowest BCUT2D eigenvalue weighted by atomic mass is 9.87. The predicted octanol–water partition coefficient (Wildman–Crippen LogP) is 3.98. The van der Waals surface area contributed by atoms with Gasteiger partial charge in [-0.25, -0.2) is 4.98 Å². The molecule has 8 heteroatoms. The summed E-state index contributed by atoms with van der Waals surface area (Å²) < 4.78 is 1.86. The minimum Gasteiger partial charge on any atom is -0.349 e. The standard InChI is InChI=1S/C32H39N5O3/c1-20(2)15-26-29(38)34-27(24-16-21-9-6-7-10-22(21)17-24)31(40)37(26)28(30(39)35-32(3,4)5)23-11-8-12-25(18-23)36-14-13-33-19-36/h6-14,18-20,24,26-28H,15-17H2,1-5H3,(H,34,38)(H,35,39)/t26-,27-,28-/m1/s1. The molecular weight excluding hydrogens is 502 g/mol. The molecule has 2 aromatic carbocycles. The quantitative estimate of drug-likeness (QED) is 0.473. The molecule has 3 atom stereocenters. The van der Waals surface area contributed by atoms with Crippen LogP contribution in [0.3, 0.4) is 0 Å². The predicted molar refractivity (Wildman–Crippen MR) is 154 cm³/mol. The summed E-state index contributed by atoms with van der Waals surface area (Å²) in [7, 11) is 0. The van der Waals surface area contributed by atoms with Crippen molar-refractivity contribution in [3.63, 3.8) is 0 Å². The topological polar surface area (TPSA) is 96.3 Å². The second-order valence-electron chi connectivity index (χ2n) is 12.5. The molecule has 3 amide bonds. The summed E-state index contributed by atoms with van der Waals surface area (Å²) in [4.78, 5) is 48.1. The summed E-state index contributed by atoms with van der Waals surface area (Å²) in [6.45, 7) is 9.80. The fourth-order valence-corrected chi connectivity index (χ4v) is 6.02. The van der Waals surface area contributed by atoms with E-state index in [0.29, 0.717) is 24.8 Å². The Bertz CT molecular complexity index is 1370. The van der Waals surface area contributed by atoms with Gasteiger partial charge in [-0.2, -0.15) is 0 Å². The van der Waals surface area contributed by atoms with Gasteiger partial charge in [-0.1, -0.05) is 50.2 Å². The highest BCUT2D eigenvalue weighted by molar-refractivity contribution is 6.00. The van der Waals surface area contributed by atoms with Gasteiger partial charge in [0.25, 0.3) is 0 Å². The Labute approximate surface area is 236 Å². The van der Waals surface area contributed by atoms with E-state index in [1.165, 1.54) is 11.1 Å². The van der Waals surface area contributed by atoms with Gasteiger partial charge >= 0.3 is 0 Å². The summed E-state index contributed by atoms with van der Waals surface area (Å²) in [5, 5.41) is 6.17. The molecule has 2 aliphatic rings. The molecule has 1 aliphatic carbocycles. The molecule has 0 bridgehead atoms. The maximum Gasteiger partial charge on any atom is 0.247 e. The Balaban J connectivity index is 1.58. The number of nitrogens with one attached hydrogen (secondary N) is 2. The molecule has 0 saturated carbocycles. The molecule has 2 N–H and O–H groups in total. The molecule has 0 unspecified atom stereocenters. The van der Waals surface area contributed by atoms with Crippen molar-refractivity contribution in [1.82, 2.24) is 25.1 Å². The number of aromatic nitrogens is 2.